The Morgan fingerprint density at radius 1 is 1.15 bits per heavy atom. The normalized spacial score (nSPS) is 20.5. The van der Waals surface area contributed by atoms with Crippen molar-refractivity contribution in [2.75, 3.05) is 6.54 Å². The highest BCUT2D eigenvalue weighted by molar-refractivity contribution is 5.94. The minimum atomic E-state index is -4.27. The van der Waals surface area contributed by atoms with Gasteiger partial charge in [-0.15, -0.1) is 0 Å². The van der Waals surface area contributed by atoms with Crippen LogP contribution < -0.4 is 10.6 Å². The van der Waals surface area contributed by atoms with Crippen LogP contribution in [0.15, 0.2) is 18.2 Å². The van der Waals surface area contributed by atoms with Crippen LogP contribution in [-0.2, 0) is 4.79 Å². The molecule has 26 heavy (non-hydrogen) atoms. The SMILES string of the molecule is O=C(CCNC(=O)c1ccc(F)cc1F)NC1CCCC(C(F)(F)F)C1. The van der Waals surface area contributed by atoms with Crippen LogP contribution in [0.1, 0.15) is 42.5 Å². The van der Waals surface area contributed by atoms with Crippen molar-refractivity contribution in [2.45, 2.75) is 44.3 Å². The number of carbonyl (C=O) groups is 2. The third kappa shape index (κ3) is 5.67. The molecule has 2 amide bonds. The third-order valence-electron chi connectivity index (χ3n) is 4.32. The molecule has 1 aromatic carbocycles. The van der Waals surface area contributed by atoms with E-state index in [0.29, 0.717) is 18.9 Å². The van der Waals surface area contributed by atoms with Gasteiger partial charge in [0.05, 0.1) is 11.5 Å². The molecule has 2 unspecified atom stereocenters. The zero-order chi connectivity index (χ0) is 19.3. The molecular formula is C17H19F5N2O2. The van der Waals surface area contributed by atoms with Crippen molar-refractivity contribution in [3.05, 3.63) is 35.4 Å². The number of benzene rings is 1. The summed E-state index contributed by atoms with van der Waals surface area (Å²) in [5.74, 6) is -4.54. The Morgan fingerprint density at radius 3 is 2.54 bits per heavy atom. The van der Waals surface area contributed by atoms with Gasteiger partial charge in [-0.2, -0.15) is 13.2 Å². The van der Waals surface area contributed by atoms with Crippen molar-refractivity contribution >= 4 is 11.8 Å². The molecule has 0 bridgehead atoms. The van der Waals surface area contributed by atoms with Crippen molar-refractivity contribution in [3.63, 3.8) is 0 Å². The highest BCUT2D eigenvalue weighted by Crippen LogP contribution is 2.37. The fourth-order valence-electron chi connectivity index (χ4n) is 2.98. The summed E-state index contributed by atoms with van der Waals surface area (Å²) in [5, 5.41) is 4.86. The van der Waals surface area contributed by atoms with Crippen LogP contribution in [0.4, 0.5) is 22.0 Å². The summed E-state index contributed by atoms with van der Waals surface area (Å²) in [6, 6.07) is 1.94. The topological polar surface area (TPSA) is 58.2 Å². The molecule has 0 aliphatic heterocycles. The number of nitrogens with one attached hydrogen (secondary N) is 2. The highest BCUT2D eigenvalue weighted by Gasteiger charge is 2.42. The summed E-state index contributed by atoms with van der Waals surface area (Å²) in [6.07, 6.45) is -3.64. The molecule has 2 N–H and O–H groups in total. The molecule has 1 aliphatic carbocycles. The summed E-state index contributed by atoms with van der Waals surface area (Å²) < 4.78 is 64.5. The van der Waals surface area contributed by atoms with E-state index in [9.17, 15) is 31.5 Å². The Labute approximate surface area is 147 Å². The molecule has 0 heterocycles. The molecule has 2 atom stereocenters. The van der Waals surface area contributed by atoms with E-state index in [4.69, 9.17) is 0 Å². The number of amides is 2. The van der Waals surface area contributed by atoms with E-state index >= 15 is 0 Å². The van der Waals surface area contributed by atoms with Crippen LogP contribution >= 0.6 is 0 Å². The van der Waals surface area contributed by atoms with Crippen LogP contribution in [-0.4, -0.2) is 30.6 Å². The van der Waals surface area contributed by atoms with E-state index < -0.39 is 41.6 Å². The van der Waals surface area contributed by atoms with Gasteiger partial charge in [0.25, 0.3) is 5.91 Å². The van der Waals surface area contributed by atoms with Gasteiger partial charge >= 0.3 is 6.18 Å². The summed E-state index contributed by atoms with van der Waals surface area (Å²) in [7, 11) is 0. The molecule has 9 heteroatoms. The van der Waals surface area contributed by atoms with E-state index in [1.165, 1.54) is 0 Å². The largest absolute Gasteiger partial charge is 0.391 e. The Kier molecular flexibility index (Phi) is 6.55. The molecular weight excluding hydrogens is 359 g/mol. The number of halogens is 5. The average molecular weight is 378 g/mol. The maximum atomic E-state index is 13.5. The summed E-state index contributed by atoms with van der Waals surface area (Å²) in [6.45, 7) is -0.114. The predicted octanol–water partition coefficient (Wildman–Crippen LogP) is 3.32. The Morgan fingerprint density at radius 2 is 1.88 bits per heavy atom. The molecule has 2 rings (SSSR count). The van der Waals surface area contributed by atoms with E-state index in [1.54, 1.807) is 0 Å². The number of carbonyl (C=O) groups excluding carboxylic acids is 2. The van der Waals surface area contributed by atoms with Gasteiger partial charge in [0, 0.05) is 25.1 Å². The van der Waals surface area contributed by atoms with Gasteiger partial charge in [0.1, 0.15) is 11.6 Å². The lowest BCUT2D eigenvalue weighted by Crippen LogP contribution is -2.42. The van der Waals surface area contributed by atoms with Gasteiger partial charge in [-0.05, 0) is 31.4 Å². The quantitative estimate of drug-likeness (QED) is 0.773. The smallest absolute Gasteiger partial charge is 0.353 e. The average Bonchev–Trinajstić information content (AvgIpc) is 2.54. The van der Waals surface area contributed by atoms with Gasteiger partial charge in [-0.25, -0.2) is 8.78 Å². The lowest BCUT2D eigenvalue weighted by atomic mass is 9.85. The van der Waals surface area contributed by atoms with Crippen LogP contribution in [0.25, 0.3) is 0 Å². The van der Waals surface area contributed by atoms with Crippen molar-refractivity contribution in [1.29, 1.82) is 0 Å². The molecule has 0 saturated heterocycles. The monoisotopic (exact) mass is 378 g/mol. The second-order valence-corrected chi connectivity index (χ2v) is 6.30. The molecule has 1 aliphatic rings. The van der Waals surface area contributed by atoms with Crippen LogP contribution in [0.5, 0.6) is 0 Å². The van der Waals surface area contributed by atoms with Gasteiger partial charge in [0.15, 0.2) is 0 Å². The number of rotatable bonds is 5. The maximum Gasteiger partial charge on any atom is 0.391 e. The molecule has 144 valence electrons. The van der Waals surface area contributed by atoms with E-state index in [2.05, 4.69) is 10.6 Å². The first-order valence-electron chi connectivity index (χ1n) is 8.26. The third-order valence-corrected chi connectivity index (χ3v) is 4.32. The predicted molar refractivity (Wildman–Crippen MR) is 83.3 cm³/mol. The summed E-state index contributed by atoms with van der Waals surface area (Å²) in [4.78, 5) is 23.6. The number of hydrogen-bond donors (Lipinski definition) is 2. The van der Waals surface area contributed by atoms with Gasteiger partial charge < -0.3 is 10.6 Å². The fourth-order valence-corrected chi connectivity index (χ4v) is 2.98. The van der Waals surface area contributed by atoms with E-state index in [-0.39, 0.29) is 31.4 Å². The van der Waals surface area contributed by atoms with Crippen LogP contribution in [0.3, 0.4) is 0 Å². The van der Waals surface area contributed by atoms with Crippen LogP contribution in [0.2, 0.25) is 0 Å². The fraction of sp³-hybridized carbons (Fsp3) is 0.529. The maximum absolute atomic E-state index is 13.5. The lowest BCUT2D eigenvalue weighted by Gasteiger charge is -2.31. The first kappa shape index (κ1) is 20.1. The minimum Gasteiger partial charge on any atom is -0.353 e. The molecule has 0 spiro atoms. The van der Waals surface area contributed by atoms with Crippen LogP contribution in [0, 0.1) is 17.6 Å². The standard InChI is InChI=1S/C17H19F5N2O2/c18-11-4-5-13(14(19)9-11)16(26)23-7-6-15(25)24-12-3-1-2-10(8-12)17(20,21)22/h4-5,9-10,12H,1-3,6-8H2,(H,23,26)(H,24,25). The van der Waals surface area contributed by atoms with Gasteiger partial charge in [-0.3, -0.25) is 9.59 Å². The first-order valence-corrected chi connectivity index (χ1v) is 8.26. The molecule has 0 radical (unpaired) electrons. The molecule has 0 aromatic heterocycles. The molecule has 1 saturated carbocycles. The Hall–Kier alpha value is -2.19. The molecule has 1 fully saturated rings. The van der Waals surface area contributed by atoms with Gasteiger partial charge in [-0.1, -0.05) is 6.42 Å². The number of alkyl halides is 3. The Bertz CT molecular complexity index is 663. The lowest BCUT2D eigenvalue weighted by molar-refractivity contribution is -0.184. The van der Waals surface area contributed by atoms with Crippen molar-refractivity contribution < 1.29 is 31.5 Å². The van der Waals surface area contributed by atoms with Gasteiger partial charge in [0.2, 0.25) is 5.91 Å². The number of hydrogen-bond acceptors (Lipinski definition) is 2. The zero-order valence-electron chi connectivity index (χ0n) is 13.8. The Balaban J connectivity index is 1.76. The van der Waals surface area contributed by atoms with Crippen molar-refractivity contribution in [2.24, 2.45) is 5.92 Å². The molecule has 4 nitrogen and oxygen atoms in total. The molecule has 1 aromatic rings. The summed E-state index contributed by atoms with van der Waals surface area (Å²) >= 11 is 0. The van der Waals surface area contributed by atoms with E-state index in [1.807, 2.05) is 0 Å². The van der Waals surface area contributed by atoms with Crippen molar-refractivity contribution in [1.82, 2.24) is 10.6 Å². The first-order chi connectivity index (χ1) is 12.2. The summed E-state index contributed by atoms with van der Waals surface area (Å²) in [5.41, 5.74) is -0.355. The second kappa shape index (κ2) is 8.46. The minimum absolute atomic E-state index is 0.0646. The van der Waals surface area contributed by atoms with E-state index in [0.717, 1.165) is 12.1 Å². The zero-order valence-corrected chi connectivity index (χ0v) is 13.8. The highest BCUT2D eigenvalue weighted by atomic mass is 19.4. The second-order valence-electron chi connectivity index (χ2n) is 6.30. The van der Waals surface area contributed by atoms with Crippen molar-refractivity contribution in [3.8, 4) is 0 Å².